The summed E-state index contributed by atoms with van der Waals surface area (Å²) >= 11 is 0. The molecular weight excluding hydrogens is 208 g/mol. The predicted molar refractivity (Wildman–Crippen MR) is 56.8 cm³/mol. The van der Waals surface area contributed by atoms with E-state index in [0.717, 1.165) is 25.7 Å². The van der Waals surface area contributed by atoms with Crippen molar-refractivity contribution in [3.63, 3.8) is 0 Å². The molecule has 1 fully saturated rings. The highest BCUT2D eigenvalue weighted by molar-refractivity contribution is 5.82. The van der Waals surface area contributed by atoms with Gasteiger partial charge in [-0.1, -0.05) is 12.2 Å². The third-order valence-corrected chi connectivity index (χ3v) is 3.93. The first-order valence-corrected chi connectivity index (χ1v) is 5.73. The molecule has 1 saturated carbocycles. The van der Waals surface area contributed by atoms with Crippen molar-refractivity contribution in [2.24, 2.45) is 23.7 Å². The van der Waals surface area contributed by atoms with E-state index in [4.69, 9.17) is 10.2 Å². The summed E-state index contributed by atoms with van der Waals surface area (Å²) in [6.45, 7) is 0. The lowest BCUT2D eigenvalue weighted by atomic mass is 9.53. The normalized spacial score (nSPS) is 39.8. The fraction of sp³-hybridized carbons (Fsp3) is 0.667. The first-order valence-electron chi connectivity index (χ1n) is 5.73. The van der Waals surface area contributed by atoms with Gasteiger partial charge in [0.1, 0.15) is 0 Å². The average molecular weight is 224 g/mol. The quantitative estimate of drug-likeness (QED) is 0.701. The van der Waals surface area contributed by atoms with E-state index in [9.17, 15) is 9.59 Å². The predicted octanol–water partition coefficient (Wildman–Crippen LogP) is 1.76. The fourth-order valence-corrected chi connectivity index (χ4v) is 3.19. The Balaban J connectivity index is 2.17. The van der Waals surface area contributed by atoms with Crippen molar-refractivity contribution in [2.75, 3.05) is 0 Å². The van der Waals surface area contributed by atoms with E-state index in [1.54, 1.807) is 0 Å². The molecule has 0 unspecified atom stereocenters. The van der Waals surface area contributed by atoms with Crippen molar-refractivity contribution in [1.29, 1.82) is 0 Å². The number of rotatable bonds is 2. The fourth-order valence-electron chi connectivity index (χ4n) is 3.19. The summed E-state index contributed by atoms with van der Waals surface area (Å²) in [6.07, 6.45) is 7.50. The van der Waals surface area contributed by atoms with Crippen LogP contribution in [-0.2, 0) is 9.59 Å². The van der Waals surface area contributed by atoms with Crippen molar-refractivity contribution < 1.29 is 19.8 Å². The maximum Gasteiger partial charge on any atom is 0.307 e. The molecule has 4 atom stereocenters. The van der Waals surface area contributed by atoms with Crippen LogP contribution in [0.15, 0.2) is 12.2 Å². The Morgan fingerprint density at radius 1 is 0.875 bits per heavy atom. The minimum absolute atomic E-state index is 0.0588. The molecule has 2 rings (SSSR count). The third kappa shape index (κ3) is 1.72. The first kappa shape index (κ1) is 11.2. The van der Waals surface area contributed by atoms with Gasteiger partial charge in [0.15, 0.2) is 0 Å². The summed E-state index contributed by atoms with van der Waals surface area (Å²) in [5, 5.41) is 18.1. The van der Waals surface area contributed by atoms with E-state index < -0.39 is 23.8 Å². The monoisotopic (exact) mass is 224 g/mol. The number of hydrogen-bond donors (Lipinski definition) is 2. The lowest BCUT2D eigenvalue weighted by Crippen LogP contribution is -2.54. The van der Waals surface area contributed by atoms with Gasteiger partial charge in [0, 0.05) is 0 Å². The number of aliphatic carboxylic acids is 2. The highest BCUT2D eigenvalue weighted by atomic mass is 16.4. The van der Waals surface area contributed by atoms with Crippen LogP contribution in [0.4, 0.5) is 0 Å². The van der Waals surface area contributed by atoms with Crippen LogP contribution in [0.2, 0.25) is 0 Å². The van der Waals surface area contributed by atoms with Gasteiger partial charge >= 0.3 is 11.9 Å². The summed E-state index contributed by atoms with van der Waals surface area (Å²) in [4.78, 5) is 22.1. The molecule has 88 valence electrons. The van der Waals surface area contributed by atoms with E-state index in [2.05, 4.69) is 12.2 Å². The number of allylic oxidation sites excluding steroid dienone is 2. The van der Waals surface area contributed by atoms with Crippen molar-refractivity contribution in [3.05, 3.63) is 12.2 Å². The summed E-state index contributed by atoms with van der Waals surface area (Å²) in [7, 11) is 0. The van der Waals surface area contributed by atoms with Crippen molar-refractivity contribution in [3.8, 4) is 0 Å². The Labute approximate surface area is 94.0 Å². The summed E-state index contributed by atoms with van der Waals surface area (Å²) in [6, 6.07) is 0. The van der Waals surface area contributed by atoms with Crippen LogP contribution < -0.4 is 0 Å². The van der Waals surface area contributed by atoms with E-state index in [0.29, 0.717) is 0 Å². The minimum Gasteiger partial charge on any atom is -0.481 e. The van der Waals surface area contributed by atoms with Gasteiger partial charge in [-0.2, -0.15) is 0 Å². The molecule has 2 aliphatic rings. The van der Waals surface area contributed by atoms with Gasteiger partial charge in [-0.05, 0) is 37.5 Å². The minimum atomic E-state index is -0.946. The van der Waals surface area contributed by atoms with Crippen LogP contribution >= 0.6 is 0 Å². The van der Waals surface area contributed by atoms with Gasteiger partial charge in [-0.3, -0.25) is 9.59 Å². The van der Waals surface area contributed by atoms with Crippen LogP contribution in [0.3, 0.4) is 0 Å². The first-order chi connectivity index (χ1) is 7.63. The van der Waals surface area contributed by atoms with Gasteiger partial charge in [0.25, 0.3) is 0 Å². The van der Waals surface area contributed by atoms with Crippen LogP contribution in [-0.4, -0.2) is 22.2 Å². The third-order valence-electron chi connectivity index (χ3n) is 3.93. The van der Waals surface area contributed by atoms with Crippen LogP contribution in [0.5, 0.6) is 0 Å². The van der Waals surface area contributed by atoms with E-state index in [1.807, 2.05) is 0 Å². The van der Waals surface area contributed by atoms with E-state index in [1.165, 1.54) is 0 Å². The molecule has 0 aromatic rings. The molecule has 2 aliphatic carbocycles. The van der Waals surface area contributed by atoms with Gasteiger partial charge in [0.05, 0.1) is 11.8 Å². The molecule has 16 heavy (non-hydrogen) atoms. The van der Waals surface area contributed by atoms with Crippen LogP contribution in [0, 0.1) is 23.7 Å². The molecule has 0 amide bonds. The molecule has 4 nitrogen and oxygen atoms in total. The second kappa shape index (κ2) is 4.28. The van der Waals surface area contributed by atoms with Crippen molar-refractivity contribution in [1.82, 2.24) is 0 Å². The Morgan fingerprint density at radius 2 is 1.25 bits per heavy atom. The Kier molecular flexibility index (Phi) is 2.99. The Hall–Kier alpha value is -1.32. The van der Waals surface area contributed by atoms with Crippen LogP contribution in [0.25, 0.3) is 0 Å². The highest BCUT2D eigenvalue weighted by Crippen LogP contribution is 2.51. The van der Waals surface area contributed by atoms with Crippen LogP contribution in [0.1, 0.15) is 25.7 Å². The maximum atomic E-state index is 11.1. The summed E-state index contributed by atoms with van der Waals surface area (Å²) in [5.41, 5.74) is 0. The van der Waals surface area contributed by atoms with Gasteiger partial charge < -0.3 is 10.2 Å². The molecular formula is C12H16O4. The smallest absolute Gasteiger partial charge is 0.307 e. The molecule has 0 spiro atoms. The van der Waals surface area contributed by atoms with E-state index >= 15 is 0 Å². The Bertz CT molecular complexity index is 302. The molecule has 0 aromatic carbocycles. The molecule has 0 heterocycles. The Morgan fingerprint density at radius 3 is 1.56 bits per heavy atom. The molecule has 2 N–H and O–H groups in total. The summed E-state index contributed by atoms with van der Waals surface area (Å²) in [5.74, 6) is -3.12. The molecule has 0 aromatic heterocycles. The number of carboxylic acid groups (broad SMARTS) is 2. The highest BCUT2D eigenvalue weighted by Gasteiger charge is 2.56. The zero-order valence-electron chi connectivity index (χ0n) is 9.00. The SMILES string of the molecule is O=C(O)[C@@H]1[C@H]2CC/C=C\CC[C@@H]2[C@@H]1C(=O)O. The second-order valence-corrected chi connectivity index (χ2v) is 4.68. The number of fused-ring (bicyclic) bond motifs is 1. The molecule has 0 radical (unpaired) electrons. The van der Waals surface area contributed by atoms with Crippen molar-refractivity contribution in [2.45, 2.75) is 25.7 Å². The molecule has 0 saturated heterocycles. The zero-order chi connectivity index (χ0) is 11.7. The topological polar surface area (TPSA) is 74.6 Å². The largest absolute Gasteiger partial charge is 0.481 e. The standard InChI is InChI=1S/C12H16O4/c13-11(14)9-7-5-3-1-2-4-6-8(7)10(9)12(15)16/h1-2,7-10H,3-6H2,(H,13,14)(H,15,16)/b2-1-/t7-,8-,9-,10+/m0/s1. The van der Waals surface area contributed by atoms with Gasteiger partial charge in [-0.15, -0.1) is 0 Å². The molecule has 0 bridgehead atoms. The van der Waals surface area contributed by atoms with E-state index in [-0.39, 0.29) is 11.8 Å². The molecule has 4 heteroatoms. The maximum absolute atomic E-state index is 11.1. The number of carboxylic acids is 2. The zero-order valence-corrected chi connectivity index (χ0v) is 9.00. The van der Waals surface area contributed by atoms with Gasteiger partial charge in [-0.25, -0.2) is 0 Å². The average Bonchev–Trinajstić information content (AvgIpc) is 2.14. The molecule has 0 aliphatic heterocycles. The van der Waals surface area contributed by atoms with Crippen molar-refractivity contribution >= 4 is 11.9 Å². The number of hydrogen-bond acceptors (Lipinski definition) is 2. The lowest BCUT2D eigenvalue weighted by Gasteiger charge is -2.48. The lowest BCUT2D eigenvalue weighted by molar-refractivity contribution is -0.176. The number of carbonyl (C=O) groups is 2. The second-order valence-electron chi connectivity index (χ2n) is 4.68. The van der Waals surface area contributed by atoms with Gasteiger partial charge in [0.2, 0.25) is 0 Å². The summed E-state index contributed by atoms with van der Waals surface area (Å²) < 4.78 is 0.